The lowest BCUT2D eigenvalue weighted by atomic mass is 10.2. The second kappa shape index (κ2) is 8.06. The van der Waals surface area contributed by atoms with E-state index in [1.54, 1.807) is 52.0 Å². The summed E-state index contributed by atoms with van der Waals surface area (Å²) >= 11 is 0. The lowest BCUT2D eigenvalue weighted by Crippen LogP contribution is -2.14. The van der Waals surface area contributed by atoms with Gasteiger partial charge in [0, 0.05) is 5.41 Å². The maximum Gasteiger partial charge on any atom is 0.346 e. The van der Waals surface area contributed by atoms with Crippen LogP contribution in [0.4, 0.5) is 0 Å². The van der Waals surface area contributed by atoms with Gasteiger partial charge in [-0.15, -0.1) is 0 Å². The first kappa shape index (κ1) is 19.1. The van der Waals surface area contributed by atoms with Crippen LogP contribution in [0, 0.1) is 0 Å². The van der Waals surface area contributed by atoms with Crippen molar-refractivity contribution < 1.29 is 22.0 Å². The third kappa shape index (κ3) is 7.36. The minimum absolute atomic E-state index is 0.391. The van der Waals surface area contributed by atoms with Crippen molar-refractivity contribution in [1.29, 1.82) is 0 Å². The Morgan fingerprint density at radius 3 is 2.00 bits per heavy atom. The molecule has 0 amide bonds. The Kier molecular flexibility index (Phi) is 7.00. The van der Waals surface area contributed by atoms with Gasteiger partial charge in [0.25, 0.3) is 0 Å². The third-order valence-corrected chi connectivity index (χ3v) is 7.09. The van der Waals surface area contributed by atoms with E-state index in [2.05, 4.69) is 0 Å². The van der Waals surface area contributed by atoms with Crippen molar-refractivity contribution in [3.8, 4) is 0 Å². The molecule has 0 fully saturated rings. The Bertz CT molecular complexity index is 621. The second-order valence-corrected chi connectivity index (χ2v) is 9.70. The van der Waals surface area contributed by atoms with Crippen molar-refractivity contribution in [1.82, 2.24) is 0 Å². The van der Waals surface area contributed by atoms with Crippen LogP contribution in [0.3, 0.4) is 0 Å². The van der Waals surface area contributed by atoms with Crippen LogP contribution in [0.1, 0.15) is 33.3 Å². The summed E-state index contributed by atoms with van der Waals surface area (Å²) in [4.78, 5) is 0. The molecule has 1 aromatic rings. The third-order valence-electron chi connectivity index (χ3n) is 2.35. The van der Waals surface area contributed by atoms with Crippen LogP contribution < -0.4 is 0 Å². The lowest BCUT2D eigenvalue weighted by Gasteiger charge is -2.22. The summed E-state index contributed by atoms with van der Waals surface area (Å²) in [5.74, 6) is 0. The van der Waals surface area contributed by atoms with E-state index in [4.69, 9.17) is 9.05 Å². The SMILES string of the molecule is CC(C)OP(=O)(CS(=O)(=O)/C=C/c1ccccc1)OC(C)C. The van der Waals surface area contributed by atoms with Gasteiger partial charge in [-0.3, -0.25) is 4.57 Å². The molecule has 0 N–H and O–H groups in total. The molecule has 5 nitrogen and oxygen atoms in total. The molecular formula is C15H23O5PS. The fraction of sp³-hybridized carbons (Fsp3) is 0.467. The summed E-state index contributed by atoms with van der Waals surface area (Å²) in [5, 5.41) is 1.04. The highest BCUT2D eigenvalue weighted by Gasteiger charge is 2.33. The smallest absolute Gasteiger partial charge is 0.305 e. The normalized spacial score (nSPS) is 13.4. The maximum atomic E-state index is 12.6. The van der Waals surface area contributed by atoms with Crippen LogP contribution in [-0.2, 0) is 23.4 Å². The Morgan fingerprint density at radius 1 is 1.05 bits per heavy atom. The highest BCUT2D eigenvalue weighted by atomic mass is 32.2. The highest BCUT2D eigenvalue weighted by Crippen LogP contribution is 2.51. The van der Waals surface area contributed by atoms with E-state index in [1.807, 2.05) is 6.07 Å². The van der Waals surface area contributed by atoms with Crippen LogP contribution in [-0.4, -0.2) is 26.1 Å². The van der Waals surface area contributed by atoms with Gasteiger partial charge >= 0.3 is 7.60 Å². The van der Waals surface area contributed by atoms with E-state index < -0.39 is 35.1 Å². The van der Waals surface area contributed by atoms with E-state index in [1.165, 1.54) is 6.08 Å². The highest BCUT2D eigenvalue weighted by molar-refractivity contribution is 8.00. The first-order valence-electron chi connectivity index (χ1n) is 7.04. The molecule has 7 heteroatoms. The lowest BCUT2D eigenvalue weighted by molar-refractivity contribution is 0.145. The topological polar surface area (TPSA) is 69.7 Å². The predicted molar refractivity (Wildman–Crippen MR) is 89.3 cm³/mol. The largest absolute Gasteiger partial charge is 0.346 e. The quantitative estimate of drug-likeness (QED) is 0.664. The molecule has 0 atom stereocenters. The average molecular weight is 346 g/mol. The monoisotopic (exact) mass is 346 g/mol. The van der Waals surface area contributed by atoms with Crippen molar-refractivity contribution in [2.75, 3.05) is 5.49 Å². The van der Waals surface area contributed by atoms with Crippen LogP contribution in [0.2, 0.25) is 0 Å². The van der Waals surface area contributed by atoms with Crippen molar-refractivity contribution in [2.45, 2.75) is 39.9 Å². The number of hydrogen-bond acceptors (Lipinski definition) is 5. The molecule has 0 saturated carbocycles. The van der Waals surface area contributed by atoms with E-state index in [-0.39, 0.29) is 0 Å². The predicted octanol–water partition coefficient (Wildman–Crippen LogP) is 4.07. The summed E-state index contributed by atoms with van der Waals surface area (Å²) in [7, 11) is -7.44. The summed E-state index contributed by atoms with van der Waals surface area (Å²) in [6.45, 7) is 6.73. The van der Waals surface area contributed by atoms with Crippen molar-refractivity contribution in [3.05, 3.63) is 41.3 Å². The molecule has 0 bridgehead atoms. The number of sulfone groups is 1. The summed E-state index contributed by atoms with van der Waals surface area (Å²) in [6, 6.07) is 9.01. The van der Waals surface area contributed by atoms with Crippen molar-refractivity contribution in [3.63, 3.8) is 0 Å². The zero-order chi connectivity index (χ0) is 16.8. The van der Waals surface area contributed by atoms with Gasteiger partial charge < -0.3 is 9.05 Å². The zero-order valence-electron chi connectivity index (χ0n) is 13.3. The van der Waals surface area contributed by atoms with E-state index in [0.717, 1.165) is 11.0 Å². The second-order valence-electron chi connectivity index (χ2n) is 5.42. The van der Waals surface area contributed by atoms with Crippen molar-refractivity contribution in [2.24, 2.45) is 0 Å². The summed E-state index contributed by atoms with van der Waals surface area (Å²) in [6.07, 6.45) is 0.681. The van der Waals surface area contributed by atoms with Crippen molar-refractivity contribution >= 4 is 23.5 Å². The maximum absolute atomic E-state index is 12.6. The molecule has 0 radical (unpaired) electrons. The number of hydrogen-bond donors (Lipinski definition) is 0. The standard InChI is InChI=1S/C15H23O5PS/c1-13(2)19-21(16,20-14(3)4)12-22(17,18)11-10-15-8-6-5-7-9-15/h5-11,13-14H,12H2,1-4H3/b11-10+. The first-order chi connectivity index (χ1) is 10.1. The van der Waals surface area contributed by atoms with Crippen LogP contribution in [0.15, 0.2) is 35.7 Å². The molecule has 0 heterocycles. The van der Waals surface area contributed by atoms with Gasteiger partial charge in [0.2, 0.25) is 0 Å². The number of benzene rings is 1. The fourth-order valence-electron chi connectivity index (χ4n) is 1.74. The zero-order valence-corrected chi connectivity index (χ0v) is 15.0. The Balaban J connectivity index is 2.91. The van der Waals surface area contributed by atoms with Crippen LogP contribution >= 0.6 is 7.60 Å². The van der Waals surface area contributed by atoms with Gasteiger partial charge in [0.1, 0.15) is 0 Å². The van der Waals surface area contributed by atoms with Gasteiger partial charge in [-0.05, 0) is 39.3 Å². The molecule has 22 heavy (non-hydrogen) atoms. The first-order valence-corrected chi connectivity index (χ1v) is 10.5. The molecule has 0 aliphatic heterocycles. The summed E-state index contributed by atoms with van der Waals surface area (Å²) in [5.41, 5.74) is 0.0788. The minimum atomic E-state index is -3.72. The minimum Gasteiger partial charge on any atom is -0.305 e. The molecule has 1 rings (SSSR count). The molecule has 0 aliphatic rings. The van der Waals surface area contributed by atoms with Gasteiger partial charge in [0.15, 0.2) is 15.3 Å². The fourth-order valence-corrected chi connectivity index (χ4v) is 6.03. The molecule has 0 aliphatic carbocycles. The molecule has 0 saturated heterocycles. The molecule has 0 unspecified atom stereocenters. The molecule has 1 aromatic carbocycles. The Labute approximate surface area is 132 Å². The van der Waals surface area contributed by atoms with Gasteiger partial charge in [-0.25, -0.2) is 8.42 Å². The molecular weight excluding hydrogens is 323 g/mol. The summed E-state index contributed by atoms with van der Waals surface area (Å²) < 4.78 is 47.4. The molecule has 0 aromatic heterocycles. The van der Waals surface area contributed by atoms with E-state index in [0.29, 0.717) is 0 Å². The molecule has 0 spiro atoms. The number of rotatable bonds is 8. The Morgan fingerprint density at radius 2 is 1.55 bits per heavy atom. The van der Waals surface area contributed by atoms with Crippen LogP contribution in [0.5, 0.6) is 0 Å². The van der Waals surface area contributed by atoms with E-state index >= 15 is 0 Å². The van der Waals surface area contributed by atoms with Crippen LogP contribution in [0.25, 0.3) is 6.08 Å². The Hall–Kier alpha value is -0.940. The van der Waals surface area contributed by atoms with Gasteiger partial charge in [0.05, 0.1) is 12.2 Å². The molecule has 124 valence electrons. The van der Waals surface area contributed by atoms with Gasteiger partial charge in [-0.2, -0.15) is 0 Å². The van der Waals surface area contributed by atoms with Gasteiger partial charge in [-0.1, -0.05) is 30.3 Å². The average Bonchev–Trinajstić information content (AvgIpc) is 2.34. The van der Waals surface area contributed by atoms with E-state index in [9.17, 15) is 13.0 Å².